The third-order valence-electron chi connectivity index (χ3n) is 4.87. The summed E-state index contributed by atoms with van der Waals surface area (Å²) in [5, 5.41) is 3.44. The molecule has 2 nitrogen and oxygen atoms in total. The van der Waals surface area contributed by atoms with Gasteiger partial charge in [0.25, 0.3) is 0 Å². The molecule has 0 aliphatic carbocycles. The zero-order valence-corrected chi connectivity index (χ0v) is 13.3. The summed E-state index contributed by atoms with van der Waals surface area (Å²) in [5.74, 6) is 0. The lowest BCUT2D eigenvalue weighted by molar-refractivity contribution is -0.137. The molecule has 1 aliphatic rings. The average Bonchev–Trinajstić information content (AvgIpc) is 2.52. The predicted octanol–water partition coefficient (Wildman–Crippen LogP) is 3.71. The predicted molar refractivity (Wildman–Crippen MR) is 82.9 cm³/mol. The van der Waals surface area contributed by atoms with E-state index in [9.17, 15) is 13.2 Å². The van der Waals surface area contributed by atoms with Crippen LogP contribution in [0.3, 0.4) is 0 Å². The van der Waals surface area contributed by atoms with Gasteiger partial charge in [-0.2, -0.15) is 13.2 Å². The molecule has 1 heterocycles. The second-order valence-electron chi connectivity index (χ2n) is 6.22. The minimum absolute atomic E-state index is 0.0568. The van der Waals surface area contributed by atoms with E-state index < -0.39 is 11.7 Å². The number of nitrogens with zero attached hydrogens (tertiary/aromatic N) is 1. The van der Waals surface area contributed by atoms with Crippen LogP contribution in [0.2, 0.25) is 0 Å². The van der Waals surface area contributed by atoms with E-state index in [0.29, 0.717) is 6.42 Å². The summed E-state index contributed by atoms with van der Waals surface area (Å²) in [6.07, 6.45) is -0.488. The van der Waals surface area contributed by atoms with Crippen LogP contribution in [-0.4, -0.2) is 37.1 Å². The van der Waals surface area contributed by atoms with Crippen molar-refractivity contribution in [1.82, 2.24) is 10.2 Å². The highest BCUT2D eigenvalue weighted by atomic mass is 19.4. The molecule has 1 unspecified atom stereocenters. The molecule has 1 aromatic carbocycles. The van der Waals surface area contributed by atoms with Gasteiger partial charge in [0.2, 0.25) is 0 Å². The maximum absolute atomic E-state index is 12.8. The van der Waals surface area contributed by atoms with E-state index >= 15 is 0 Å². The number of nitrogens with one attached hydrogen (secondary N) is 1. The minimum atomic E-state index is -4.26. The molecule has 1 atom stereocenters. The molecule has 5 heteroatoms. The summed E-state index contributed by atoms with van der Waals surface area (Å²) in [4.78, 5) is 2.34. The zero-order chi connectivity index (χ0) is 16.2. The molecule has 0 spiro atoms. The minimum Gasteiger partial charge on any atom is -0.315 e. The van der Waals surface area contributed by atoms with Crippen molar-refractivity contribution < 1.29 is 13.2 Å². The Bertz CT molecular complexity index is 479. The van der Waals surface area contributed by atoms with Gasteiger partial charge in [0.15, 0.2) is 0 Å². The fraction of sp³-hybridized carbons (Fsp3) is 0.647. The number of likely N-dealkylation sites (N-methyl/N-ethyl adjacent to an activating group) is 1. The maximum Gasteiger partial charge on any atom is 0.416 e. The molecule has 1 aliphatic heterocycles. The van der Waals surface area contributed by atoms with Crippen molar-refractivity contribution in [3.8, 4) is 0 Å². The van der Waals surface area contributed by atoms with Gasteiger partial charge in [-0.25, -0.2) is 0 Å². The van der Waals surface area contributed by atoms with E-state index in [4.69, 9.17) is 0 Å². The standard InChI is InChI=1S/C17H25F3N2/c1-3-22(2)16(9-5-11-21-13-16)10-8-14-6-4-7-15(12-14)17(18,19)20/h4,6-7,12,21H,3,5,8-11,13H2,1-2H3. The van der Waals surface area contributed by atoms with Crippen LogP contribution < -0.4 is 5.32 Å². The highest BCUT2D eigenvalue weighted by Gasteiger charge is 2.35. The van der Waals surface area contributed by atoms with Crippen LogP contribution in [0.4, 0.5) is 13.2 Å². The van der Waals surface area contributed by atoms with Crippen molar-refractivity contribution in [2.75, 3.05) is 26.7 Å². The van der Waals surface area contributed by atoms with E-state index in [1.165, 1.54) is 12.1 Å². The Balaban J connectivity index is 2.09. The van der Waals surface area contributed by atoms with Gasteiger partial charge in [-0.15, -0.1) is 0 Å². The smallest absolute Gasteiger partial charge is 0.315 e. The van der Waals surface area contributed by atoms with E-state index in [0.717, 1.165) is 50.5 Å². The quantitative estimate of drug-likeness (QED) is 0.891. The zero-order valence-electron chi connectivity index (χ0n) is 13.3. The Labute approximate surface area is 130 Å². The molecule has 0 aromatic heterocycles. The Morgan fingerprint density at radius 3 is 2.68 bits per heavy atom. The molecule has 124 valence electrons. The number of halogens is 3. The highest BCUT2D eigenvalue weighted by Crippen LogP contribution is 2.31. The first-order valence-corrected chi connectivity index (χ1v) is 7.95. The normalized spacial score (nSPS) is 23.0. The third kappa shape index (κ3) is 4.02. The third-order valence-corrected chi connectivity index (χ3v) is 4.87. The summed E-state index contributed by atoms with van der Waals surface area (Å²) >= 11 is 0. The van der Waals surface area contributed by atoms with Gasteiger partial charge in [0.05, 0.1) is 5.56 Å². The van der Waals surface area contributed by atoms with Gasteiger partial charge in [-0.1, -0.05) is 25.1 Å². The van der Waals surface area contributed by atoms with Gasteiger partial charge < -0.3 is 5.32 Å². The SMILES string of the molecule is CCN(C)C1(CCc2cccc(C(F)(F)F)c2)CCCNC1. The first-order chi connectivity index (χ1) is 10.4. The molecule has 0 bridgehead atoms. The molecule has 22 heavy (non-hydrogen) atoms. The van der Waals surface area contributed by atoms with Gasteiger partial charge in [-0.3, -0.25) is 4.90 Å². The number of rotatable bonds is 5. The number of benzene rings is 1. The van der Waals surface area contributed by atoms with Crippen LogP contribution in [0.5, 0.6) is 0 Å². The van der Waals surface area contributed by atoms with Crippen LogP contribution in [-0.2, 0) is 12.6 Å². The van der Waals surface area contributed by atoms with Crippen molar-refractivity contribution >= 4 is 0 Å². The summed E-state index contributed by atoms with van der Waals surface area (Å²) in [6.45, 7) is 5.02. The maximum atomic E-state index is 12.8. The summed E-state index contributed by atoms with van der Waals surface area (Å²) in [7, 11) is 2.11. The molecule has 1 fully saturated rings. The Kier molecular flexibility index (Phi) is 5.50. The van der Waals surface area contributed by atoms with Crippen LogP contribution in [0.25, 0.3) is 0 Å². The van der Waals surface area contributed by atoms with Gasteiger partial charge in [0, 0.05) is 12.1 Å². The van der Waals surface area contributed by atoms with Crippen molar-refractivity contribution in [3.63, 3.8) is 0 Å². The Morgan fingerprint density at radius 1 is 1.32 bits per heavy atom. The van der Waals surface area contributed by atoms with Crippen LogP contribution >= 0.6 is 0 Å². The number of hydrogen-bond donors (Lipinski definition) is 1. The average molecular weight is 314 g/mol. The van der Waals surface area contributed by atoms with E-state index in [1.54, 1.807) is 6.07 Å². The number of alkyl halides is 3. The molecule has 2 rings (SSSR count). The van der Waals surface area contributed by atoms with Crippen LogP contribution in [0.15, 0.2) is 24.3 Å². The van der Waals surface area contributed by atoms with E-state index in [2.05, 4.69) is 24.2 Å². The second kappa shape index (κ2) is 7.01. The van der Waals surface area contributed by atoms with Gasteiger partial charge in [-0.05, 0) is 57.5 Å². The molecule has 1 aromatic rings. The van der Waals surface area contributed by atoms with Gasteiger partial charge >= 0.3 is 6.18 Å². The highest BCUT2D eigenvalue weighted by molar-refractivity contribution is 5.26. The molecular formula is C17H25F3N2. The molecule has 0 saturated carbocycles. The first kappa shape index (κ1) is 17.3. The summed E-state index contributed by atoms with van der Waals surface area (Å²) in [6, 6.07) is 5.73. The van der Waals surface area contributed by atoms with E-state index in [1.807, 2.05) is 0 Å². The van der Waals surface area contributed by atoms with Crippen LogP contribution in [0, 0.1) is 0 Å². The lowest BCUT2D eigenvalue weighted by atomic mass is 9.83. The molecule has 1 saturated heterocycles. The lowest BCUT2D eigenvalue weighted by Gasteiger charge is -2.45. The van der Waals surface area contributed by atoms with Crippen LogP contribution in [0.1, 0.15) is 37.3 Å². The van der Waals surface area contributed by atoms with Crippen molar-refractivity contribution in [3.05, 3.63) is 35.4 Å². The number of hydrogen-bond acceptors (Lipinski definition) is 2. The fourth-order valence-electron chi connectivity index (χ4n) is 3.30. The Morgan fingerprint density at radius 2 is 2.09 bits per heavy atom. The van der Waals surface area contributed by atoms with Crippen molar-refractivity contribution in [1.29, 1.82) is 0 Å². The largest absolute Gasteiger partial charge is 0.416 e. The number of piperidine rings is 1. The second-order valence-corrected chi connectivity index (χ2v) is 6.22. The first-order valence-electron chi connectivity index (χ1n) is 7.95. The molecule has 1 N–H and O–H groups in total. The summed E-state index contributed by atoms with van der Waals surface area (Å²) in [5.41, 5.74) is 0.273. The lowest BCUT2D eigenvalue weighted by Crippen LogP contribution is -2.56. The molecule has 0 radical (unpaired) electrons. The monoisotopic (exact) mass is 314 g/mol. The van der Waals surface area contributed by atoms with E-state index in [-0.39, 0.29) is 5.54 Å². The Hall–Kier alpha value is -1.07. The van der Waals surface area contributed by atoms with Crippen molar-refractivity contribution in [2.24, 2.45) is 0 Å². The molecule has 0 amide bonds. The van der Waals surface area contributed by atoms with Crippen molar-refractivity contribution in [2.45, 2.75) is 44.3 Å². The topological polar surface area (TPSA) is 15.3 Å². The fourth-order valence-corrected chi connectivity index (χ4v) is 3.30. The summed E-state index contributed by atoms with van der Waals surface area (Å²) < 4.78 is 38.4. The molecular weight excluding hydrogens is 289 g/mol. The number of aryl methyl sites for hydroxylation is 1. The van der Waals surface area contributed by atoms with Gasteiger partial charge in [0.1, 0.15) is 0 Å².